The number of carbonyl (C=O) groups excluding carboxylic acids is 3. The predicted octanol–water partition coefficient (Wildman–Crippen LogP) is 3.28. The van der Waals surface area contributed by atoms with Crippen molar-refractivity contribution >= 4 is 50.7 Å². The number of esters is 1. The summed E-state index contributed by atoms with van der Waals surface area (Å²) in [5, 5.41) is 23.8. The standard InChI is InChI=1S/C23H25FN6O5S2/c1-23(2)34-15(20(33)35-23)12-17(32)26-22-30-28-19(37-22)9-4-3-8-18-27-29-21(36-18)25-16(31)11-13-6-5-7-14(24)10-13/h5-7,10,15H,3-4,8-9,11-12H2,1-2H3,(H,25,29,31)(H,26,30,32)/t15-/m1/s1. The van der Waals surface area contributed by atoms with E-state index in [2.05, 4.69) is 31.0 Å². The molecule has 1 aromatic carbocycles. The molecule has 2 aromatic heterocycles. The van der Waals surface area contributed by atoms with Gasteiger partial charge in [0.15, 0.2) is 6.10 Å². The van der Waals surface area contributed by atoms with Crippen LogP contribution in [-0.4, -0.2) is 50.1 Å². The Kier molecular flexibility index (Phi) is 8.51. The molecule has 1 fully saturated rings. The maximum Gasteiger partial charge on any atom is 0.338 e. The van der Waals surface area contributed by atoms with Gasteiger partial charge in [0.25, 0.3) is 0 Å². The fourth-order valence-electron chi connectivity index (χ4n) is 3.54. The predicted molar refractivity (Wildman–Crippen MR) is 133 cm³/mol. The molecule has 0 aliphatic carbocycles. The van der Waals surface area contributed by atoms with Crippen LogP contribution in [0.5, 0.6) is 0 Å². The van der Waals surface area contributed by atoms with Gasteiger partial charge < -0.3 is 20.1 Å². The summed E-state index contributed by atoms with van der Waals surface area (Å²) < 4.78 is 23.7. The first-order chi connectivity index (χ1) is 17.6. The maximum absolute atomic E-state index is 13.3. The third-order valence-corrected chi connectivity index (χ3v) is 6.91. The first-order valence-electron chi connectivity index (χ1n) is 11.5. The van der Waals surface area contributed by atoms with Gasteiger partial charge in [-0.25, -0.2) is 9.18 Å². The van der Waals surface area contributed by atoms with E-state index < -0.39 is 23.8 Å². The molecule has 1 atom stereocenters. The number of carbonyl (C=O) groups is 3. The number of unbranched alkanes of at least 4 members (excludes halogenated alkanes) is 1. The first-order valence-corrected chi connectivity index (χ1v) is 13.2. The highest BCUT2D eigenvalue weighted by molar-refractivity contribution is 7.15. The monoisotopic (exact) mass is 548 g/mol. The van der Waals surface area contributed by atoms with Crippen LogP contribution in [0, 0.1) is 5.82 Å². The van der Waals surface area contributed by atoms with Crippen molar-refractivity contribution in [3.63, 3.8) is 0 Å². The van der Waals surface area contributed by atoms with Crippen molar-refractivity contribution in [2.75, 3.05) is 10.6 Å². The minimum Gasteiger partial charge on any atom is -0.432 e. The molecule has 14 heteroatoms. The van der Waals surface area contributed by atoms with Gasteiger partial charge in [0.05, 0.1) is 12.8 Å². The molecule has 37 heavy (non-hydrogen) atoms. The number of hydrogen-bond acceptors (Lipinski definition) is 11. The lowest BCUT2D eigenvalue weighted by atomic mass is 10.1. The van der Waals surface area contributed by atoms with E-state index in [9.17, 15) is 18.8 Å². The zero-order valence-corrected chi connectivity index (χ0v) is 21.8. The van der Waals surface area contributed by atoms with Crippen molar-refractivity contribution in [3.05, 3.63) is 45.7 Å². The number of cyclic esters (lactones) is 1. The van der Waals surface area contributed by atoms with Crippen LogP contribution < -0.4 is 10.6 Å². The molecule has 0 saturated carbocycles. The van der Waals surface area contributed by atoms with Crippen LogP contribution in [0.2, 0.25) is 0 Å². The van der Waals surface area contributed by atoms with Crippen LogP contribution in [-0.2, 0) is 43.1 Å². The molecule has 196 valence electrons. The number of benzene rings is 1. The van der Waals surface area contributed by atoms with E-state index in [1.54, 1.807) is 26.0 Å². The molecule has 4 rings (SSSR count). The van der Waals surface area contributed by atoms with Gasteiger partial charge in [0, 0.05) is 26.7 Å². The number of halogens is 1. The fourth-order valence-corrected chi connectivity index (χ4v) is 5.14. The summed E-state index contributed by atoms with van der Waals surface area (Å²) >= 11 is 2.57. The van der Waals surface area contributed by atoms with Crippen LogP contribution in [0.4, 0.5) is 14.7 Å². The number of amides is 2. The number of anilines is 2. The second-order valence-corrected chi connectivity index (χ2v) is 10.9. The zero-order valence-electron chi connectivity index (χ0n) is 20.2. The van der Waals surface area contributed by atoms with Crippen LogP contribution >= 0.6 is 22.7 Å². The van der Waals surface area contributed by atoms with Gasteiger partial charge in [-0.3, -0.25) is 9.59 Å². The normalized spacial score (nSPS) is 16.4. The highest BCUT2D eigenvalue weighted by Gasteiger charge is 2.42. The highest BCUT2D eigenvalue weighted by atomic mass is 32.1. The summed E-state index contributed by atoms with van der Waals surface area (Å²) in [6, 6.07) is 5.90. The highest BCUT2D eigenvalue weighted by Crippen LogP contribution is 2.26. The van der Waals surface area contributed by atoms with E-state index in [1.165, 1.54) is 34.8 Å². The summed E-state index contributed by atoms with van der Waals surface area (Å²) in [7, 11) is 0. The Morgan fingerprint density at radius 2 is 1.62 bits per heavy atom. The Morgan fingerprint density at radius 3 is 2.19 bits per heavy atom. The SMILES string of the molecule is CC1(C)OC(=O)[C@@H](CC(=O)Nc2nnc(CCCCc3nnc(NC(=O)Cc4cccc(F)c4)s3)s2)O1. The molecule has 1 saturated heterocycles. The van der Waals surface area contributed by atoms with Crippen molar-refractivity contribution < 1.29 is 28.2 Å². The van der Waals surface area contributed by atoms with E-state index in [1.807, 2.05) is 0 Å². The Morgan fingerprint density at radius 1 is 1.00 bits per heavy atom. The van der Waals surface area contributed by atoms with Gasteiger partial charge in [0.1, 0.15) is 15.8 Å². The van der Waals surface area contributed by atoms with Crippen molar-refractivity contribution in [1.29, 1.82) is 0 Å². The molecule has 3 aromatic rings. The molecular weight excluding hydrogens is 523 g/mol. The fraction of sp³-hybridized carbons (Fsp3) is 0.435. The number of aryl methyl sites for hydroxylation is 2. The molecular formula is C23H25FN6O5S2. The molecule has 2 N–H and O–H groups in total. The second kappa shape index (κ2) is 11.8. The van der Waals surface area contributed by atoms with E-state index >= 15 is 0 Å². The molecule has 11 nitrogen and oxygen atoms in total. The lowest BCUT2D eigenvalue weighted by Gasteiger charge is -2.14. The van der Waals surface area contributed by atoms with Gasteiger partial charge in [-0.05, 0) is 30.5 Å². The topological polar surface area (TPSA) is 145 Å². The Balaban J connectivity index is 1.14. The molecule has 0 bridgehead atoms. The molecule has 0 unspecified atom stereocenters. The molecule has 3 heterocycles. The average molecular weight is 549 g/mol. The molecule has 0 radical (unpaired) electrons. The van der Waals surface area contributed by atoms with Crippen molar-refractivity contribution in [2.24, 2.45) is 0 Å². The molecule has 2 amide bonds. The zero-order chi connectivity index (χ0) is 26.4. The van der Waals surface area contributed by atoms with Crippen LogP contribution in [0.1, 0.15) is 48.7 Å². The number of hydrogen-bond donors (Lipinski definition) is 2. The van der Waals surface area contributed by atoms with Crippen LogP contribution in [0.3, 0.4) is 0 Å². The number of ether oxygens (including phenoxy) is 2. The Bertz CT molecular complexity index is 1280. The van der Waals surface area contributed by atoms with Crippen LogP contribution in [0.25, 0.3) is 0 Å². The van der Waals surface area contributed by atoms with Gasteiger partial charge in [-0.1, -0.05) is 34.8 Å². The lowest BCUT2D eigenvalue weighted by Crippen LogP contribution is -2.26. The molecule has 0 spiro atoms. The Hall–Kier alpha value is -3.36. The van der Waals surface area contributed by atoms with Crippen molar-refractivity contribution in [3.8, 4) is 0 Å². The number of rotatable bonds is 11. The first kappa shape index (κ1) is 26.7. The summed E-state index contributed by atoms with van der Waals surface area (Å²) in [6.45, 7) is 3.22. The van der Waals surface area contributed by atoms with Gasteiger partial charge in [-0.15, -0.1) is 20.4 Å². The largest absolute Gasteiger partial charge is 0.432 e. The maximum atomic E-state index is 13.3. The molecule has 1 aliphatic rings. The third-order valence-electron chi connectivity index (χ3n) is 5.12. The summed E-state index contributed by atoms with van der Waals surface area (Å²) in [5.74, 6) is -2.67. The smallest absolute Gasteiger partial charge is 0.338 e. The minimum absolute atomic E-state index is 0.0516. The van der Waals surface area contributed by atoms with Gasteiger partial charge in [0.2, 0.25) is 27.9 Å². The van der Waals surface area contributed by atoms with Crippen LogP contribution in [0.15, 0.2) is 24.3 Å². The van der Waals surface area contributed by atoms with Crippen molar-refractivity contribution in [1.82, 2.24) is 20.4 Å². The Labute approximate surface area is 219 Å². The summed E-state index contributed by atoms with van der Waals surface area (Å²) in [6.07, 6.45) is 1.96. The van der Waals surface area contributed by atoms with E-state index in [4.69, 9.17) is 9.47 Å². The third kappa shape index (κ3) is 8.06. The van der Waals surface area contributed by atoms with E-state index in [-0.39, 0.29) is 24.6 Å². The summed E-state index contributed by atoms with van der Waals surface area (Å²) in [4.78, 5) is 36.1. The quantitative estimate of drug-likeness (QED) is 0.272. The van der Waals surface area contributed by atoms with E-state index in [0.717, 1.165) is 22.9 Å². The van der Waals surface area contributed by atoms with Gasteiger partial charge >= 0.3 is 5.97 Å². The number of nitrogens with zero attached hydrogens (tertiary/aromatic N) is 4. The second-order valence-electron chi connectivity index (χ2n) is 8.74. The lowest BCUT2D eigenvalue weighted by molar-refractivity contribution is -0.160. The molecule has 1 aliphatic heterocycles. The summed E-state index contributed by atoms with van der Waals surface area (Å²) in [5.41, 5.74) is 0.582. The number of nitrogens with one attached hydrogen (secondary N) is 2. The van der Waals surface area contributed by atoms with Crippen molar-refractivity contribution in [2.45, 2.75) is 64.3 Å². The number of aromatic nitrogens is 4. The minimum atomic E-state index is -1.04. The van der Waals surface area contributed by atoms with E-state index in [0.29, 0.717) is 28.7 Å². The van der Waals surface area contributed by atoms with Gasteiger partial charge in [-0.2, -0.15) is 0 Å². The average Bonchev–Trinajstić information content (AvgIpc) is 3.50.